The Bertz CT molecular complexity index is 685. The molecule has 0 bridgehead atoms. The zero-order valence-electron chi connectivity index (χ0n) is 13.9. The molecule has 1 aliphatic heterocycles. The van der Waals surface area contributed by atoms with Crippen LogP contribution in [-0.4, -0.2) is 39.1 Å². The molecular weight excluding hydrogens is 318 g/mol. The average Bonchev–Trinajstić information content (AvgIpc) is 2.93. The molecule has 0 spiro atoms. The Kier molecular flexibility index (Phi) is 4.63. The van der Waals surface area contributed by atoms with Gasteiger partial charge in [0, 0.05) is 26.1 Å². The minimum absolute atomic E-state index is 0.0186. The van der Waals surface area contributed by atoms with Gasteiger partial charge in [-0.3, -0.25) is 14.9 Å². The summed E-state index contributed by atoms with van der Waals surface area (Å²) in [6, 6.07) is 1.36. The van der Waals surface area contributed by atoms with Crippen molar-refractivity contribution >= 4 is 29.6 Å². The monoisotopic (exact) mass is 337 g/mol. The molecule has 9 heteroatoms. The fourth-order valence-electron chi connectivity index (χ4n) is 2.04. The highest BCUT2D eigenvalue weighted by Crippen LogP contribution is 2.18. The van der Waals surface area contributed by atoms with E-state index in [0.717, 1.165) is 0 Å². The molecule has 3 amide bonds. The van der Waals surface area contributed by atoms with Crippen LogP contribution < -0.4 is 5.32 Å². The third kappa shape index (κ3) is 4.12. The van der Waals surface area contributed by atoms with Crippen molar-refractivity contribution in [2.75, 3.05) is 5.32 Å². The summed E-state index contributed by atoms with van der Waals surface area (Å²) in [4.78, 5) is 51.6. The van der Waals surface area contributed by atoms with Crippen LogP contribution in [0.3, 0.4) is 0 Å². The number of hydroxylamine groups is 2. The smallest absolute Gasteiger partial charge is 0.412 e. The number of hydrogen-bond donors (Lipinski definition) is 1. The van der Waals surface area contributed by atoms with Gasteiger partial charge in [0.2, 0.25) is 0 Å². The van der Waals surface area contributed by atoms with Gasteiger partial charge in [0.25, 0.3) is 11.8 Å². The fourth-order valence-corrected chi connectivity index (χ4v) is 2.04. The lowest BCUT2D eigenvalue weighted by Gasteiger charge is -2.19. The molecule has 0 aromatic carbocycles. The average molecular weight is 337 g/mol. The van der Waals surface area contributed by atoms with Crippen LogP contribution in [0.25, 0.3) is 0 Å². The maximum absolute atomic E-state index is 12.1. The minimum atomic E-state index is -0.877. The summed E-state index contributed by atoms with van der Waals surface area (Å²) in [5, 5.41) is 2.96. The summed E-state index contributed by atoms with van der Waals surface area (Å²) in [6.45, 7) is 5.18. The first-order valence-electron chi connectivity index (χ1n) is 7.31. The number of aromatic nitrogens is 1. The summed E-state index contributed by atoms with van der Waals surface area (Å²) in [5.74, 6) is -2.00. The molecule has 130 valence electrons. The van der Waals surface area contributed by atoms with Gasteiger partial charge >= 0.3 is 12.1 Å². The van der Waals surface area contributed by atoms with E-state index >= 15 is 0 Å². The highest BCUT2D eigenvalue weighted by molar-refractivity contribution is 6.02. The Balaban J connectivity index is 2.05. The van der Waals surface area contributed by atoms with Gasteiger partial charge in [0.15, 0.2) is 0 Å². The number of carbonyl (C=O) groups is 4. The quantitative estimate of drug-likeness (QED) is 0.839. The van der Waals surface area contributed by atoms with E-state index in [9.17, 15) is 19.2 Å². The van der Waals surface area contributed by atoms with E-state index < -0.39 is 29.5 Å². The predicted molar refractivity (Wildman–Crippen MR) is 81.8 cm³/mol. The van der Waals surface area contributed by atoms with Gasteiger partial charge in [-0.25, -0.2) is 9.59 Å². The number of nitrogens with zero attached hydrogens (tertiary/aromatic N) is 2. The van der Waals surface area contributed by atoms with Crippen molar-refractivity contribution in [2.24, 2.45) is 7.05 Å². The van der Waals surface area contributed by atoms with Gasteiger partial charge in [0.05, 0.1) is 5.69 Å². The zero-order valence-corrected chi connectivity index (χ0v) is 13.9. The van der Waals surface area contributed by atoms with Gasteiger partial charge in [-0.1, -0.05) is 0 Å². The van der Waals surface area contributed by atoms with Crippen molar-refractivity contribution in [3.63, 3.8) is 0 Å². The molecule has 1 N–H and O–H groups in total. The molecule has 24 heavy (non-hydrogen) atoms. The largest absolute Gasteiger partial charge is 0.444 e. The maximum Gasteiger partial charge on any atom is 0.412 e. The van der Waals surface area contributed by atoms with E-state index in [1.165, 1.54) is 16.8 Å². The molecule has 2 rings (SSSR count). The Morgan fingerprint density at radius 3 is 2.29 bits per heavy atom. The number of amides is 3. The van der Waals surface area contributed by atoms with Crippen LogP contribution in [-0.2, 0) is 26.2 Å². The lowest BCUT2D eigenvalue weighted by Crippen LogP contribution is -2.32. The molecule has 0 radical (unpaired) electrons. The topological polar surface area (TPSA) is 107 Å². The van der Waals surface area contributed by atoms with Crippen molar-refractivity contribution in [3.8, 4) is 0 Å². The van der Waals surface area contributed by atoms with Crippen LogP contribution in [0, 0.1) is 0 Å². The second-order valence-electron chi connectivity index (χ2n) is 6.31. The molecule has 0 aliphatic carbocycles. The van der Waals surface area contributed by atoms with Gasteiger partial charge in [-0.05, 0) is 26.8 Å². The molecule has 1 aliphatic rings. The molecule has 2 heterocycles. The van der Waals surface area contributed by atoms with Crippen LogP contribution in [0.1, 0.15) is 44.1 Å². The number of carbonyl (C=O) groups excluding carboxylic acids is 4. The van der Waals surface area contributed by atoms with E-state index in [1.54, 1.807) is 27.8 Å². The normalized spacial score (nSPS) is 14.8. The maximum atomic E-state index is 12.1. The summed E-state index contributed by atoms with van der Waals surface area (Å²) < 4.78 is 6.52. The first-order valence-corrected chi connectivity index (χ1v) is 7.31. The van der Waals surface area contributed by atoms with E-state index in [4.69, 9.17) is 9.57 Å². The first-order chi connectivity index (χ1) is 11.1. The standard InChI is InChI=1S/C15H19N3O6/c1-15(2,3)23-14(22)16-9-7-10(17(4)8-9)13(21)24-18-11(19)5-6-12(18)20/h7-8H,5-6H2,1-4H3,(H,16,22). The SMILES string of the molecule is Cn1cc(NC(=O)OC(C)(C)C)cc1C(=O)ON1C(=O)CCC1=O. The minimum Gasteiger partial charge on any atom is -0.444 e. The molecule has 1 aromatic rings. The molecule has 9 nitrogen and oxygen atoms in total. The molecule has 0 atom stereocenters. The van der Waals surface area contributed by atoms with Crippen molar-refractivity contribution in [2.45, 2.75) is 39.2 Å². The zero-order chi connectivity index (χ0) is 18.1. The van der Waals surface area contributed by atoms with Crippen molar-refractivity contribution in [3.05, 3.63) is 18.0 Å². The van der Waals surface area contributed by atoms with Crippen molar-refractivity contribution in [1.82, 2.24) is 9.63 Å². The Morgan fingerprint density at radius 1 is 1.17 bits per heavy atom. The van der Waals surface area contributed by atoms with Crippen LogP contribution in [0.5, 0.6) is 0 Å². The molecule has 1 aromatic heterocycles. The lowest BCUT2D eigenvalue weighted by atomic mass is 10.2. The third-order valence-electron chi connectivity index (χ3n) is 3.04. The molecule has 1 saturated heterocycles. The molecule has 0 saturated carbocycles. The van der Waals surface area contributed by atoms with E-state index in [-0.39, 0.29) is 18.5 Å². The van der Waals surface area contributed by atoms with Gasteiger partial charge in [0.1, 0.15) is 11.3 Å². The summed E-state index contributed by atoms with van der Waals surface area (Å²) in [6.07, 6.45) is 0.849. The molecular formula is C15H19N3O6. The lowest BCUT2D eigenvalue weighted by molar-refractivity contribution is -0.172. The second kappa shape index (κ2) is 6.34. The number of rotatable bonds is 3. The van der Waals surface area contributed by atoms with Gasteiger partial charge < -0.3 is 14.1 Å². The molecule has 0 unspecified atom stereocenters. The van der Waals surface area contributed by atoms with Gasteiger partial charge in [-0.15, -0.1) is 5.06 Å². The first kappa shape index (κ1) is 17.5. The van der Waals surface area contributed by atoms with E-state index in [0.29, 0.717) is 10.8 Å². The summed E-state index contributed by atoms with van der Waals surface area (Å²) in [5.41, 5.74) is -0.275. The van der Waals surface area contributed by atoms with Crippen LogP contribution in [0.2, 0.25) is 0 Å². The number of nitrogens with one attached hydrogen (secondary N) is 1. The van der Waals surface area contributed by atoms with Crippen molar-refractivity contribution in [1.29, 1.82) is 0 Å². The van der Waals surface area contributed by atoms with E-state index in [1.807, 2.05) is 0 Å². The van der Waals surface area contributed by atoms with Crippen molar-refractivity contribution < 1.29 is 28.8 Å². The second-order valence-corrected chi connectivity index (χ2v) is 6.31. The number of ether oxygens (including phenoxy) is 1. The van der Waals surface area contributed by atoms with Gasteiger partial charge in [-0.2, -0.15) is 0 Å². The van der Waals surface area contributed by atoms with E-state index in [2.05, 4.69) is 5.32 Å². The molecule has 1 fully saturated rings. The number of hydrogen-bond acceptors (Lipinski definition) is 6. The van der Waals surface area contributed by atoms with Crippen LogP contribution in [0.15, 0.2) is 12.3 Å². The Morgan fingerprint density at radius 2 is 1.75 bits per heavy atom. The summed E-state index contributed by atoms with van der Waals surface area (Å²) >= 11 is 0. The third-order valence-corrected chi connectivity index (χ3v) is 3.04. The highest BCUT2D eigenvalue weighted by Gasteiger charge is 2.33. The number of imide groups is 1. The van der Waals surface area contributed by atoms with Crippen LogP contribution in [0.4, 0.5) is 10.5 Å². The highest BCUT2D eigenvalue weighted by atomic mass is 16.7. The number of anilines is 1. The number of aryl methyl sites for hydroxylation is 1. The Labute approximate surface area is 138 Å². The summed E-state index contributed by atoms with van der Waals surface area (Å²) in [7, 11) is 1.56. The predicted octanol–water partition coefficient (Wildman–Crippen LogP) is 1.59. The fraction of sp³-hybridized carbons (Fsp3) is 0.467. The van der Waals surface area contributed by atoms with Crippen LogP contribution >= 0.6 is 0 Å². The Hall–Kier alpha value is -2.84.